The first kappa shape index (κ1) is 14.5. The van der Waals surface area contributed by atoms with Gasteiger partial charge in [0.1, 0.15) is 5.69 Å². The number of hydrogen-bond donors (Lipinski definition) is 1. The second-order valence-electron chi connectivity index (χ2n) is 5.95. The van der Waals surface area contributed by atoms with Gasteiger partial charge in [-0.25, -0.2) is 4.79 Å². The van der Waals surface area contributed by atoms with Crippen LogP contribution in [0.25, 0.3) is 0 Å². The van der Waals surface area contributed by atoms with Crippen molar-refractivity contribution in [3.05, 3.63) is 30.1 Å². The molecule has 0 saturated carbocycles. The summed E-state index contributed by atoms with van der Waals surface area (Å²) in [6, 6.07) is 5.29. The predicted molar refractivity (Wildman–Crippen MR) is 74.7 cm³/mol. The molecule has 1 atom stereocenters. The van der Waals surface area contributed by atoms with Gasteiger partial charge in [-0.05, 0) is 44.7 Å². The zero-order valence-corrected chi connectivity index (χ0v) is 11.9. The standard InChI is InChI=1S/C15H20N2O3/c1-15(2)9-11(10-17(15)14(19)20)6-7-13(18)12-5-3-4-8-16-12/h3-5,8,11H,6-7,9-10H2,1-2H3,(H,19,20)/t11-/m0/s1. The van der Waals surface area contributed by atoms with Crippen LogP contribution in [-0.4, -0.2) is 39.0 Å². The van der Waals surface area contributed by atoms with Gasteiger partial charge in [-0.2, -0.15) is 0 Å². The minimum Gasteiger partial charge on any atom is -0.465 e. The van der Waals surface area contributed by atoms with Gasteiger partial charge in [0.2, 0.25) is 0 Å². The lowest BCUT2D eigenvalue weighted by molar-refractivity contribution is 0.0969. The molecule has 1 aliphatic heterocycles. The van der Waals surface area contributed by atoms with Crippen molar-refractivity contribution >= 4 is 11.9 Å². The predicted octanol–water partition coefficient (Wildman–Crippen LogP) is 2.82. The molecule has 1 saturated heterocycles. The quantitative estimate of drug-likeness (QED) is 0.858. The van der Waals surface area contributed by atoms with Crippen LogP contribution in [0.4, 0.5) is 4.79 Å². The van der Waals surface area contributed by atoms with Gasteiger partial charge in [-0.15, -0.1) is 0 Å². The molecule has 5 nitrogen and oxygen atoms in total. The van der Waals surface area contributed by atoms with Crippen LogP contribution >= 0.6 is 0 Å². The number of rotatable bonds is 4. The third-order valence-electron chi connectivity index (χ3n) is 3.92. The number of carboxylic acid groups (broad SMARTS) is 1. The third-order valence-corrected chi connectivity index (χ3v) is 3.92. The van der Waals surface area contributed by atoms with Crippen LogP contribution < -0.4 is 0 Å². The zero-order valence-electron chi connectivity index (χ0n) is 11.9. The van der Waals surface area contributed by atoms with Gasteiger partial charge < -0.3 is 10.0 Å². The lowest BCUT2D eigenvalue weighted by Gasteiger charge is -2.28. The summed E-state index contributed by atoms with van der Waals surface area (Å²) < 4.78 is 0. The highest BCUT2D eigenvalue weighted by atomic mass is 16.4. The molecule has 1 amide bonds. The Balaban J connectivity index is 1.90. The van der Waals surface area contributed by atoms with E-state index in [4.69, 9.17) is 0 Å². The SMILES string of the molecule is CC1(C)C[C@H](CCC(=O)c2ccccn2)CN1C(=O)O. The molecule has 2 rings (SSSR count). The Bertz CT molecular complexity index is 499. The van der Waals surface area contributed by atoms with Crippen molar-refractivity contribution in [2.75, 3.05) is 6.54 Å². The smallest absolute Gasteiger partial charge is 0.407 e. The van der Waals surface area contributed by atoms with E-state index >= 15 is 0 Å². The van der Waals surface area contributed by atoms with E-state index in [0.717, 1.165) is 6.42 Å². The highest BCUT2D eigenvalue weighted by Crippen LogP contribution is 2.35. The van der Waals surface area contributed by atoms with E-state index in [2.05, 4.69) is 4.98 Å². The summed E-state index contributed by atoms with van der Waals surface area (Å²) in [5.41, 5.74) is 0.143. The normalized spacial score (nSPS) is 20.9. The first-order chi connectivity index (χ1) is 9.40. The minimum atomic E-state index is -0.881. The molecule has 20 heavy (non-hydrogen) atoms. The number of ketones is 1. The van der Waals surface area contributed by atoms with Crippen molar-refractivity contribution in [3.63, 3.8) is 0 Å². The number of aromatic nitrogens is 1. The first-order valence-electron chi connectivity index (χ1n) is 6.85. The van der Waals surface area contributed by atoms with Crippen LogP contribution in [0.5, 0.6) is 0 Å². The number of carbonyl (C=O) groups is 2. The van der Waals surface area contributed by atoms with E-state index in [1.807, 2.05) is 13.8 Å². The van der Waals surface area contributed by atoms with Crippen molar-refractivity contribution in [3.8, 4) is 0 Å². The summed E-state index contributed by atoms with van der Waals surface area (Å²) >= 11 is 0. The molecule has 0 radical (unpaired) electrons. The number of nitrogens with zero attached hydrogens (tertiary/aromatic N) is 2. The molecule has 5 heteroatoms. The van der Waals surface area contributed by atoms with Gasteiger partial charge >= 0.3 is 6.09 Å². The van der Waals surface area contributed by atoms with Crippen molar-refractivity contribution in [1.82, 2.24) is 9.88 Å². The van der Waals surface area contributed by atoms with E-state index in [0.29, 0.717) is 25.1 Å². The van der Waals surface area contributed by atoms with E-state index in [9.17, 15) is 14.7 Å². The number of pyridine rings is 1. The summed E-state index contributed by atoms with van der Waals surface area (Å²) in [7, 11) is 0. The van der Waals surface area contributed by atoms with E-state index < -0.39 is 6.09 Å². The number of hydrogen-bond acceptors (Lipinski definition) is 3. The van der Waals surface area contributed by atoms with E-state index in [1.165, 1.54) is 4.90 Å². The Kier molecular flexibility index (Phi) is 4.06. The van der Waals surface area contributed by atoms with Crippen LogP contribution in [0.2, 0.25) is 0 Å². The zero-order chi connectivity index (χ0) is 14.8. The second-order valence-corrected chi connectivity index (χ2v) is 5.95. The molecule has 1 aliphatic rings. The van der Waals surface area contributed by atoms with Crippen molar-refractivity contribution in [2.24, 2.45) is 5.92 Å². The largest absolute Gasteiger partial charge is 0.465 e. The van der Waals surface area contributed by atoms with Gasteiger partial charge in [-0.3, -0.25) is 9.78 Å². The van der Waals surface area contributed by atoms with Crippen LogP contribution in [0, 0.1) is 5.92 Å². The molecule has 0 unspecified atom stereocenters. The first-order valence-corrected chi connectivity index (χ1v) is 6.85. The number of amides is 1. The lowest BCUT2D eigenvalue weighted by Crippen LogP contribution is -2.41. The molecular formula is C15H20N2O3. The Morgan fingerprint density at radius 1 is 1.45 bits per heavy atom. The lowest BCUT2D eigenvalue weighted by atomic mass is 9.92. The highest BCUT2D eigenvalue weighted by molar-refractivity contribution is 5.94. The average molecular weight is 276 g/mol. The summed E-state index contributed by atoms with van der Waals surface area (Å²) in [5.74, 6) is 0.269. The van der Waals surface area contributed by atoms with Crippen LogP contribution in [-0.2, 0) is 0 Å². The maximum absolute atomic E-state index is 12.0. The number of likely N-dealkylation sites (tertiary alicyclic amines) is 1. The summed E-state index contributed by atoms with van der Waals surface area (Å²) in [5, 5.41) is 9.17. The summed E-state index contributed by atoms with van der Waals surface area (Å²) in [6.07, 6.45) is 2.66. The molecule has 0 spiro atoms. The van der Waals surface area contributed by atoms with Gasteiger partial charge in [0.25, 0.3) is 0 Å². The van der Waals surface area contributed by atoms with Crippen LogP contribution in [0.3, 0.4) is 0 Å². The van der Waals surface area contributed by atoms with Gasteiger partial charge in [0, 0.05) is 24.7 Å². The fourth-order valence-electron chi connectivity index (χ4n) is 2.91. The Labute approximate surface area is 118 Å². The van der Waals surface area contributed by atoms with Crippen LogP contribution in [0.15, 0.2) is 24.4 Å². The van der Waals surface area contributed by atoms with Crippen molar-refractivity contribution in [1.29, 1.82) is 0 Å². The maximum atomic E-state index is 12.0. The van der Waals surface area contributed by atoms with E-state index in [-0.39, 0.29) is 17.2 Å². The second kappa shape index (κ2) is 5.61. The molecule has 0 bridgehead atoms. The summed E-state index contributed by atoms with van der Waals surface area (Å²) in [6.45, 7) is 4.38. The maximum Gasteiger partial charge on any atom is 0.407 e. The molecule has 1 aromatic heterocycles. The Morgan fingerprint density at radius 2 is 2.20 bits per heavy atom. The molecule has 0 aromatic carbocycles. The summed E-state index contributed by atoms with van der Waals surface area (Å²) in [4.78, 5) is 28.7. The number of carbonyl (C=O) groups excluding carboxylic acids is 1. The molecule has 1 aromatic rings. The van der Waals surface area contributed by atoms with Crippen molar-refractivity contribution in [2.45, 2.75) is 38.6 Å². The average Bonchev–Trinajstić information content (AvgIpc) is 2.72. The Hall–Kier alpha value is -1.91. The minimum absolute atomic E-state index is 0.0252. The molecule has 2 heterocycles. The number of Topliss-reactive ketones (excluding diaryl/α,β-unsaturated/α-hetero) is 1. The molecular weight excluding hydrogens is 256 g/mol. The van der Waals surface area contributed by atoms with E-state index in [1.54, 1.807) is 24.4 Å². The monoisotopic (exact) mass is 276 g/mol. The molecule has 108 valence electrons. The molecule has 1 N–H and O–H groups in total. The third kappa shape index (κ3) is 3.15. The van der Waals surface area contributed by atoms with Crippen LogP contribution in [0.1, 0.15) is 43.6 Å². The highest BCUT2D eigenvalue weighted by Gasteiger charge is 2.41. The molecule has 0 aliphatic carbocycles. The topological polar surface area (TPSA) is 70.5 Å². The van der Waals surface area contributed by atoms with Gasteiger partial charge in [-0.1, -0.05) is 6.07 Å². The Morgan fingerprint density at radius 3 is 2.75 bits per heavy atom. The van der Waals surface area contributed by atoms with Gasteiger partial charge in [0.15, 0.2) is 5.78 Å². The van der Waals surface area contributed by atoms with Gasteiger partial charge in [0.05, 0.1) is 0 Å². The fourth-order valence-corrected chi connectivity index (χ4v) is 2.91. The fraction of sp³-hybridized carbons (Fsp3) is 0.533. The molecule has 1 fully saturated rings. The van der Waals surface area contributed by atoms with Crippen molar-refractivity contribution < 1.29 is 14.7 Å².